The van der Waals surface area contributed by atoms with Gasteiger partial charge >= 0.3 is 0 Å². The summed E-state index contributed by atoms with van der Waals surface area (Å²) in [6.45, 7) is 0. The maximum Gasteiger partial charge on any atom is 0.141 e. The second-order valence-electron chi connectivity index (χ2n) is 1.00. The van der Waals surface area contributed by atoms with Crippen molar-refractivity contribution in [3.63, 3.8) is 0 Å². The maximum absolute atomic E-state index is 7.14. The summed E-state index contributed by atoms with van der Waals surface area (Å²) in [4.78, 5) is 7.14. The van der Waals surface area contributed by atoms with Gasteiger partial charge in [0.2, 0.25) is 0 Å². The van der Waals surface area contributed by atoms with Crippen LogP contribution in [0.2, 0.25) is 0 Å². The van der Waals surface area contributed by atoms with Crippen LogP contribution in [0.25, 0.3) is 0 Å². The van der Waals surface area contributed by atoms with E-state index in [1.54, 1.807) is 0 Å². The van der Waals surface area contributed by atoms with E-state index in [1.165, 1.54) is 0 Å². The topological polar surface area (TPSA) is 20.2 Å². The van der Waals surface area contributed by atoms with Gasteiger partial charge in [0, 0.05) is 26.2 Å². The molecule has 8 heavy (non-hydrogen) atoms. The summed E-state index contributed by atoms with van der Waals surface area (Å²) in [5, 5.41) is 0. The van der Waals surface area contributed by atoms with Gasteiger partial charge < -0.3 is 4.80 Å². The van der Waals surface area contributed by atoms with E-state index < -0.39 is 0 Å². The van der Waals surface area contributed by atoms with Gasteiger partial charge in [0.05, 0.1) is 0 Å². The minimum Gasteiger partial charge on any atom is -0.442 e. The van der Waals surface area contributed by atoms with E-state index in [2.05, 4.69) is 12.2 Å². The van der Waals surface area contributed by atoms with Crippen LogP contribution in [0.1, 0.15) is 6.42 Å². The minimum atomic E-state index is 0. The van der Waals surface area contributed by atoms with Crippen LogP contribution in [0.4, 0.5) is 0 Å². The van der Waals surface area contributed by atoms with E-state index in [0.29, 0.717) is 10.5 Å². The molecule has 0 radical (unpaired) electrons. The van der Waals surface area contributed by atoms with Gasteiger partial charge in [0.25, 0.3) is 0 Å². The molecular formula is C5H9OSiZr-. The third-order valence-electron chi connectivity index (χ3n) is 0.586. The SMILES string of the molecule is O[SiH3].[C-]1=CC=CC1.[Zr]. The Morgan fingerprint density at radius 1 is 1.50 bits per heavy atom. The van der Waals surface area contributed by atoms with Crippen LogP contribution in [0, 0.1) is 6.08 Å². The van der Waals surface area contributed by atoms with E-state index in [0.717, 1.165) is 6.42 Å². The van der Waals surface area contributed by atoms with Crippen LogP contribution >= 0.6 is 0 Å². The fourth-order valence-electron chi connectivity index (χ4n) is 0.340. The summed E-state index contributed by atoms with van der Waals surface area (Å²) in [7, 11) is 0.306. The predicted molar refractivity (Wildman–Crippen MR) is 33.7 cm³/mol. The Bertz CT molecular complexity index is 70.5. The zero-order valence-corrected chi connectivity index (χ0v) is 9.34. The fourth-order valence-corrected chi connectivity index (χ4v) is 0.340. The van der Waals surface area contributed by atoms with Crippen LogP contribution in [-0.2, 0) is 26.2 Å². The largest absolute Gasteiger partial charge is 0.442 e. The monoisotopic (exact) mass is 203 g/mol. The molecule has 0 amide bonds. The maximum atomic E-state index is 7.14. The Labute approximate surface area is 72.2 Å². The quantitative estimate of drug-likeness (QED) is 0.419. The first kappa shape index (κ1) is 11.4. The van der Waals surface area contributed by atoms with Crippen LogP contribution in [0.3, 0.4) is 0 Å². The van der Waals surface area contributed by atoms with Crippen LogP contribution in [0.5, 0.6) is 0 Å². The zero-order chi connectivity index (χ0) is 5.54. The number of hydrogen-bond acceptors (Lipinski definition) is 1. The van der Waals surface area contributed by atoms with Crippen molar-refractivity contribution in [2.45, 2.75) is 6.42 Å². The second-order valence-corrected chi connectivity index (χ2v) is 1.00. The summed E-state index contributed by atoms with van der Waals surface area (Å²) in [5.74, 6) is 0. The molecule has 0 atom stereocenters. The molecule has 0 aromatic carbocycles. The normalized spacial score (nSPS) is 12.1. The molecule has 1 aliphatic carbocycles. The molecule has 0 unspecified atom stereocenters. The smallest absolute Gasteiger partial charge is 0.141 e. The molecule has 0 aromatic heterocycles. The van der Waals surface area contributed by atoms with Gasteiger partial charge in [-0.1, -0.05) is 0 Å². The van der Waals surface area contributed by atoms with Crippen molar-refractivity contribution in [2.75, 3.05) is 0 Å². The minimum absolute atomic E-state index is 0. The average Bonchev–Trinajstić information content (AvgIpc) is 2.23. The van der Waals surface area contributed by atoms with Gasteiger partial charge in [-0.25, -0.2) is 12.2 Å². The molecule has 0 saturated heterocycles. The first-order chi connectivity index (χ1) is 3.50. The molecule has 0 spiro atoms. The van der Waals surface area contributed by atoms with Crippen LogP contribution < -0.4 is 0 Å². The standard InChI is InChI=1S/C5H5.H4OSi.Zr/c1-2-4-5-3-1;1-2;/h1-3H,4H2;1H,2H3;/q-1;;. The molecule has 1 rings (SSSR count). The van der Waals surface area contributed by atoms with E-state index in [-0.39, 0.29) is 26.2 Å². The predicted octanol–water partition coefficient (Wildman–Crippen LogP) is -0.438. The molecule has 0 saturated carbocycles. The molecule has 0 fully saturated rings. The number of rotatable bonds is 0. The summed E-state index contributed by atoms with van der Waals surface area (Å²) in [6.07, 6.45) is 10.0. The molecule has 0 bridgehead atoms. The summed E-state index contributed by atoms with van der Waals surface area (Å²) in [6, 6.07) is 0. The molecule has 1 aliphatic rings. The fraction of sp³-hybridized carbons (Fsp3) is 0.200. The van der Waals surface area contributed by atoms with Crippen molar-refractivity contribution in [2.24, 2.45) is 0 Å². The van der Waals surface area contributed by atoms with Gasteiger partial charge in [0.15, 0.2) is 0 Å². The third kappa shape index (κ3) is 6.54. The molecule has 1 N–H and O–H groups in total. The Kier molecular flexibility index (Phi) is 14.9. The van der Waals surface area contributed by atoms with Crippen molar-refractivity contribution in [1.29, 1.82) is 0 Å². The Morgan fingerprint density at radius 2 is 2.12 bits per heavy atom. The molecule has 0 aromatic rings. The van der Waals surface area contributed by atoms with E-state index >= 15 is 0 Å². The van der Waals surface area contributed by atoms with E-state index in [4.69, 9.17) is 4.80 Å². The third-order valence-corrected chi connectivity index (χ3v) is 0.586. The first-order valence-electron chi connectivity index (χ1n) is 2.16. The van der Waals surface area contributed by atoms with Crippen molar-refractivity contribution in [3.05, 3.63) is 24.3 Å². The van der Waals surface area contributed by atoms with Crippen molar-refractivity contribution < 1.29 is 31.0 Å². The zero-order valence-electron chi connectivity index (χ0n) is 4.89. The molecule has 3 heteroatoms. The number of allylic oxidation sites excluding steroid dienone is 4. The van der Waals surface area contributed by atoms with E-state index in [9.17, 15) is 0 Å². The Morgan fingerprint density at radius 3 is 2.25 bits per heavy atom. The van der Waals surface area contributed by atoms with E-state index in [1.807, 2.05) is 12.2 Å². The van der Waals surface area contributed by atoms with Gasteiger partial charge in [-0.3, -0.25) is 6.08 Å². The van der Waals surface area contributed by atoms with Gasteiger partial charge in [-0.15, -0.1) is 6.42 Å². The van der Waals surface area contributed by atoms with Gasteiger partial charge in [-0.05, 0) is 0 Å². The van der Waals surface area contributed by atoms with Crippen LogP contribution in [0.15, 0.2) is 18.2 Å². The molecule has 0 heterocycles. The Balaban J connectivity index is 0. The van der Waals surface area contributed by atoms with Gasteiger partial charge in [0.1, 0.15) is 10.5 Å². The molecule has 44 valence electrons. The van der Waals surface area contributed by atoms with Gasteiger partial charge in [-0.2, -0.15) is 6.08 Å². The van der Waals surface area contributed by atoms with Crippen molar-refractivity contribution >= 4 is 10.5 Å². The summed E-state index contributed by atoms with van der Waals surface area (Å²) in [5.41, 5.74) is 0. The van der Waals surface area contributed by atoms with Crippen LogP contribution in [-0.4, -0.2) is 15.3 Å². The molecular weight excluding hydrogens is 195 g/mol. The van der Waals surface area contributed by atoms with Crippen molar-refractivity contribution in [1.82, 2.24) is 0 Å². The molecule has 0 aliphatic heterocycles. The average molecular weight is 204 g/mol. The van der Waals surface area contributed by atoms with Crippen molar-refractivity contribution in [3.8, 4) is 0 Å². The number of hydrogen-bond donors (Lipinski definition) is 1. The Hall–Kier alpha value is 0.540. The first-order valence-corrected chi connectivity index (χ1v) is 3.06. The summed E-state index contributed by atoms with van der Waals surface area (Å²) < 4.78 is 0. The summed E-state index contributed by atoms with van der Waals surface area (Å²) >= 11 is 0. The second kappa shape index (κ2) is 10.5. The molecule has 1 nitrogen and oxygen atoms in total.